The van der Waals surface area contributed by atoms with Crippen LogP contribution in [0.25, 0.3) is 0 Å². The highest BCUT2D eigenvalue weighted by Gasteiger charge is 1.98. The molecule has 0 spiro atoms. The van der Waals surface area contributed by atoms with Crippen molar-refractivity contribution in [1.29, 1.82) is 0 Å². The third kappa shape index (κ3) is 9.80. The molecule has 1 unspecified atom stereocenters. The van der Waals surface area contributed by atoms with Crippen LogP contribution >= 0.6 is 0 Å². The fraction of sp³-hybridized carbons (Fsp3) is 1.00. The van der Waals surface area contributed by atoms with Gasteiger partial charge in [-0.15, -0.1) is 0 Å². The van der Waals surface area contributed by atoms with Crippen LogP contribution in [0.2, 0.25) is 0 Å². The number of methoxy groups -OCH3 is 1. The lowest BCUT2D eigenvalue weighted by Crippen LogP contribution is -2.25. The van der Waals surface area contributed by atoms with E-state index in [9.17, 15) is 0 Å². The van der Waals surface area contributed by atoms with Crippen molar-refractivity contribution in [3.05, 3.63) is 0 Å². The lowest BCUT2D eigenvalue weighted by molar-refractivity contribution is 0.0609. The third-order valence-electron chi connectivity index (χ3n) is 1.86. The largest absolute Gasteiger partial charge is 0.383 e. The standard InChI is InChI=1S/C10H23NO2/c1-4-5-10(2)13-9-7-11-6-8-12-3/h10-11H,4-9H2,1-3H3. The molecule has 13 heavy (non-hydrogen) atoms. The SMILES string of the molecule is CCCC(C)OCCNCCOC. The highest BCUT2D eigenvalue weighted by atomic mass is 16.5. The lowest BCUT2D eigenvalue weighted by Gasteiger charge is -2.11. The maximum absolute atomic E-state index is 5.56. The molecule has 1 N–H and O–H groups in total. The molecule has 0 heterocycles. The van der Waals surface area contributed by atoms with Gasteiger partial charge in [-0.3, -0.25) is 0 Å². The van der Waals surface area contributed by atoms with Gasteiger partial charge in [-0.2, -0.15) is 0 Å². The van der Waals surface area contributed by atoms with Gasteiger partial charge in [0.2, 0.25) is 0 Å². The van der Waals surface area contributed by atoms with Crippen LogP contribution in [0.5, 0.6) is 0 Å². The first-order chi connectivity index (χ1) is 6.31. The fourth-order valence-corrected chi connectivity index (χ4v) is 1.12. The van der Waals surface area contributed by atoms with E-state index in [0.29, 0.717) is 6.10 Å². The molecule has 0 aromatic heterocycles. The van der Waals surface area contributed by atoms with Crippen molar-refractivity contribution in [2.24, 2.45) is 0 Å². The lowest BCUT2D eigenvalue weighted by atomic mass is 10.2. The highest BCUT2D eigenvalue weighted by molar-refractivity contribution is 4.50. The van der Waals surface area contributed by atoms with Crippen LogP contribution in [-0.4, -0.2) is 39.5 Å². The van der Waals surface area contributed by atoms with Crippen LogP contribution in [0.15, 0.2) is 0 Å². The maximum atomic E-state index is 5.56. The molecule has 0 bridgehead atoms. The number of hydrogen-bond donors (Lipinski definition) is 1. The minimum absolute atomic E-state index is 0.397. The van der Waals surface area contributed by atoms with Crippen molar-refractivity contribution in [2.75, 3.05) is 33.4 Å². The monoisotopic (exact) mass is 189 g/mol. The predicted octanol–water partition coefficient (Wildman–Crippen LogP) is 1.43. The summed E-state index contributed by atoms with van der Waals surface area (Å²) in [7, 11) is 1.71. The summed E-state index contributed by atoms with van der Waals surface area (Å²) in [6, 6.07) is 0. The second kappa shape index (κ2) is 9.96. The van der Waals surface area contributed by atoms with E-state index in [1.807, 2.05) is 0 Å². The molecule has 80 valence electrons. The second-order valence-corrected chi connectivity index (χ2v) is 3.21. The zero-order valence-corrected chi connectivity index (χ0v) is 9.14. The van der Waals surface area contributed by atoms with Crippen molar-refractivity contribution in [2.45, 2.75) is 32.8 Å². The van der Waals surface area contributed by atoms with Gasteiger partial charge in [0.05, 0.1) is 19.3 Å². The summed E-state index contributed by atoms with van der Waals surface area (Å²) in [6.07, 6.45) is 2.74. The fourth-order valence-electron chi connectivity index (χ4n) is 1.12. The van der Waals surface area contributed by atoms with Crippen molar-refractivity contribution in [1.82, 2.24) is 5.32 Å². The Bertz CT molecular complexity index is 98.9. The molecule has 0 rings (SSSR count). The Morgan fingerprint density at radius 3 is 2.54 bits per heavy atom. The molecule has 0 aromatic rings. The Kier molecular flexibility index (Phi) is 9.87. The van der Waals surface area contributed by atoms with Gasteiger partial charge in [0.15, 0.2) is 0 Å². The molecule has 0 saturated heterocycles. The van der Waals surface area contributed by atoms with Gasteiger partial charge in [-0.1, -0.05) is 13.3 Å². The molecule has 0 saturated carbocycles. The zero-order valence-electron chi connectivity index (χ0n) is 9.14. The summed E-state index contributed by atoms with van der Waals surface area (Å²) in [4.78, 5) is 0. The molecule has 0 amide bonds. The van der Waals surface area contributed by atoms with Gasteiger partial charge in [0.25, 0.3) is 0 Å². The third-order valence-corrected chi connectivity index (χ3v) is 1.86. The van der Waals surface area contributed by atoms with Crippen LogP contribution in [0.1, 0.15) is 26.7 Å². The smallest absolute Gasteiger partial charge is 0.0594 e. The molecule has 0 radical (unpaired) electrons. The molecule has 0 aromatic carbocycles. The van der Waals surface area contributed by atoms with Gasteiger partial charge < -0.3 is 14.8 Å². The van der Waals surface area contributed by atoms with Crippen molar-refractivity contribution in [3.63, 3.8) is 0 Å². The average Bonchev–Trinajstić information content (AvgIpc) is 2.11. The first-order valence-corrected chi connectivity index (χ1v) is 5.12. The predicted molar refractivity (Wildman–Crippen MR) is 55.1 cm³/mol. The van der Waals surface area contributed by atoms with Crippen molar-refractivity contribution >= 4 is 0 Å². The van der Waals surface area contributed by atoms with Crippen LogP contribution in [0.4, 0.5) is 0 Å². The van der Waals surface area contributed by atoms with E-state index in [4.69, 9.17) is 9.47 Å². The minimum atomic E-state index is 0.397. The Balaban J connectivity index is 2.97. The van der Waals surface area contributed by atoms with Gasteiger partial charge in [0, 0.05) is 20.2 Å². The Morgan fingerprint density at radius 1 is 1.23 bits per heavy atom. The van der Waals surface area contributed by atoms with Gasteiger partial charge in [-0.05, 0) is 13.3 Å². The summed E-state index contributed by atoms with van der Waals surface area (Å²) in [5.41, 5.74) is 0. The van der Waals surface area contributed by atoms with Crippen LogP contribution in [0.3, 0.4) is 0 Å². The molecule has 3 nitrogen and oxygen atoms in total. The number of hydrogen-bond acceptors (Lipinski definition) is 3. The maximum Gasteiger partial charge on any atom is 0.0594 e. The van der Waals surface area contributed by atoms with Crippen LogP contribution < -0.4 is 5.32 Å². The normalized spacial score (nSPS) is 13.2. The minimum Gasteiger partial charge on any atom is -0.383 e. The van der Waals surface area contributed by atoms with E-state index in [1.54, 1.807) is 7.11 Å². The molecule has 0 fully saturated rings. The topological polar surface area (TPSA) is 30.5 Å². The molecule has 1 atom stereocenters. The summed E-state index contributed by atoms with van der Waals surface area (Å²) < 4.78 is 10.5. The quantitative estimate of drug-likeness (QED) is 0.557. The summed E-state index contributed by atoms with van der Waals surface area (Å²) >= 11 is 0. The van der Waals surface area contributed by atoms with Crippen LogP contribution in [-0.2, 0) is 9.47 Å². The van der Waals surface area contributed by atoms with Gasteiger partial charge >= 0.3 is 0 Å². The van der Waals surface area contributed by atoms with E-state index in [2.05, 4.69) is 19.2 Å². The first-order valence-electron chi connectivity index (χ1n) is 5.12. The Labute approximate surface area is 81.8 Å². The van der Waals surface area contributed by atoms with E-state index in [-0.39, 0.29) is 0 Å². The van der Waals surface area contributed by atoms with Crippen LogP contribution in [0, 0.1) is 0 Å². The average molecular weight is 189 g/mol. The number of nitrogens with one attached hydrogen (secondary N) is 1. The molecule has 3 heteroatoms. The highest BCUT2D eigenvalue weighted by Crippen LogP contribution is 1.99. The first kappa shape index (κ1) is 12.9. The summed E-state index contributed by atoms with van der Waals surface area (Å²) in [5.74, 6) is 0. The Hall–Kier alpha value is -0.120. The van der Waals surface area contributed by atoms with Gasteiger partial charge in [-0.25, -0.2) is 0 Å². The van der Waals surface area contributed by atoms with E-state index >= 15 is 0 Å². The molecule has 0 aliphatic carbocycles. The molecular formula is C10H23NO2. The Morgan fingerprint density at radius 2 is 1.92 bits per heavy atom. The number of ether oxygens (including phenoxy) is 2. The molecular weight excluding hydrogens is 166 g/mol. The summed E-state index contributed by atoms with van der Waals surface area (Å²) in [5, 5.41) is 3.23. The molecule has 0 aliphatic heterocycles. The van der Waals surface area contributed by atoms with E-state index in [0.717, 1.165) is 32.7 Å². The van der Waals surface area contributed by atoms with Crippen molar-refractivity contribution < 1.29 is 9.47 Å². The number of rotatable bonds is 9. The second-order valence-electron chi connectivity index (χ2n) is 3.21. The zero-order chi connectivity index (χ0) is 9.94. The summed E-state index contributed by atoms with van der Waals surface area (Å²) in [6.45, 7) is 7.68. The van der Waals surface area contributed by atoms with E-state index < -0.39 is 0 Å². The molecule has 0 aliphatic rings. The van der Waals surface area contributed by atoms with E-state index in [1.165, 1.54) is 6.42 Å². The van der Waals surface area contributed by atoms with Gasteiger partial charge in [0.1, 0.15) is 0 Å². The van der Waals surface area contributed by atoms with Crippen molar-refractivity contribution in [3.8, 4) is 0 Å².